The molecule has 1 heterocycles. The minimum absolute atomic E-state index is 0.129. The van der Waals surface area contributed by atoms with Gasteiger partial charge >= 0.3 is 0 Å². The molecule has 0 unspecified atom stereocenters. The molecular weight excluding hydrogens is 262 g/mol. The van der Waals surface area contributed by atoms with Crippen LogP contribution in [0.25, 0.3) is 0 Å². The van der Waals surface area contributed by atoms with Gasteiger partial charge in [-0.15, -0.1) is 0 Å². The quantitative estimate of drug-likeness (QED) is 0.694. The maximum atomic E-state index is 11.8. The molecule has 0 radical (unpaired) electrons. The zero-order valence-corrected chi connectivity index (χ0v) is 12.5. The van der Waals surface area contributed by atoms with E-state index in [1.807, 2.05) is 12.1 Å². The Labute approximate surface area is 124 Å². The van der Waals surface area contributed by atoms with Gasteiger partial charge in [0.1, 0.15) is 0 Å². The predicted octanol–water partition coefficient (Wildman–Crippen LogP) is 3.14. The van der Waals surface area contributed by atoms with Gasteiger partial charge in [0.15, 0.2) is 0 Å². The van der Waals surface area contributed by atoms with Gasteiger partial charge in [0.25, 0.3) is 5.91 Å². The van der Waals surface area contributed by atoms with Crippen molar-refractivity contribution in [1.82, 2.24) is 10.4 Å². The van der Waals surface area contributed by atoms with Crippen molar-refractivity contribution in [3.63, 3.8) is 0 Å². The minimum atomic E-state index is -0.273. The first-order valence-corrected chi connectivity index (χ1v) is 6.81. The number of carbonyl (C=O) groups excluding carboxylic acids is 1. The Morgan fingerprint density at radius 3 is 2.48 bits per heavy atom. The van der Waals surface area contributed by atoms with Crippen molar-refractivity contribution in [2.45, 2.75) is 26.2 Å². The van der Waals surface area contributed by atoms with E-state index in [-0.39, 0.29) is 11.3 Å². The molecule has 0 aliphatic heterocycles. The first-order valence-electron chi connectivity index (χ1n) is 6.81. The summed E-state index contributed by atoms with van der Waals surface area (Å²) in [6.45, 7) is 6.51. The number of rotatable bonds is 3. The van der Waals surface area contributed by atoms with Crippen LogP contribution in [0.1, 0.15) is 42.3 Å². The second-order valence-electron chi connectivity index (χ2n) is 5.81. The highest BCUT2D eigenvalue weighted by molar-refractivity contribution is 5.94. The topological polar surface area (TPSA) is 54.4 Å². The van der Waals surface area contributed by atoms with Crippen LogP contribution in [0, 0.1) is 0 Å². The van der Waals surface area contributed by atoms with Gasteiger partial charge in [0, 0.05) is 12.4 Å². The van der Waals surface area contributed by atoms with Crippen LogP contribution in [-0.2, 0) is 5.41 Å². The lowest BCUT2D eigenvalue weighted by atomic mass is 9.87. The third kappa shape index (κ3) is 4.24. The van der Waals surface area contributed by atoms with Gasteiger partial charge in [-0.2, -0.15) is 5.10 Å². The average Bonchev–Trinajstić information content (AvgIpc) is 2.47. The molecule has 0 saturated carbocycles. The number of benzene rings is 1. The number of nitrogens with zero attached hydrogens (tertiary/aromatic N) is 2. The largest absolute Gasteiger partial charge is 0.272 e. The standard InChI is InChI=1S/C17H19N3O/c1-17(2,3)15-8-6-13(7-9-15)11-19-20-16(21)14-5-4-10-18-12-14/h4-12H,1-3H3,(H,20,21)/b19-11+. The minimum Gasteiger partial charge on any atom is -0.267 e. The van der Waals surface area contributed by atoms with E-state index in [2.05, 4.69) is 48.4 Å². The Kier molecular flexibility index (Phi) is 4.48. The maximum Gasteiger partial charge on any atom is 0.272 e. The molecule has 0 bridgehead atoms. The second-order valence-corrected chi connectivity index (χ2v) is 5.81. The number of amides is 1. The summed E-state index contributed by atoms with van der Waals surface area (Å²) < 4.78 is 0. The first kappa shape index (κ1) is 14.9. The van der Waals surface area contributed by atoms with Crippen LogP contribution in [-0.4, -0.2) is 17.1 Å². The molecule has 21 heavy (non-hydrogen) atoms. The van der Waals surface area contributed by atoms with Crippen molar-refractivity contribution in [3.8, 4) is 0 Å². The van der Waals surface area contributed by atoms with Crippen molar-refractivity contribution in [2.24, 2.45) is 5.10 Å². The predicted molar refractivity (Wildman–Crippen MR) is 84.4 cm³/mol. The van der Waals surface area contributed by atoms with Crippen LogP contribution in [0.5, 0.6) is 0 Å². The molecule has 1 aromatic carbocycles. The van der Waals surface area contributed by atoms with Gasteiger partial charge in [-0.25, -0.2) is 5.43 Å². The summed E-state index contributed by atoms with van der Waals surface area (Å²) in [5.74, 6) is -0.273. The van der Waals surface area contributed by atoms with Gasteiger partial charge in [0.2, 0.25) is 0 Å². The van der Waals surface area contributed by atoms with Gasteiger partial charge in [-0.3, -0.25) is 9.78 Å². The van der Waals surface area contributed by atoms with E-state index in [0.29, 0.717) is 5.56 Å². The average molecular weight is 281 g/mol. The molecule has 1 aromatic heterocycles. The van der Waals surface area contributed by atoms with Gasteiger partial charge in [0.05, 0.1) is 11.8 Å². The molecule has 0 spiro atoms. The molecular formula is C17H19N3O. The molecule has 1 amide bonds. The highest BCUT2D eigenvalue weighted by Gasteiger charge is 2.12. The Hall–Kier alpha value is -2.49. The molecule has 0 atom stereocenters. The van der Waals surface area contributed by atoms with Gasteiger partial charge in [-0.1, -0.05) is 45.0 Å². The van der Waals surface area contributed by atoms with Gasteiger partial charge < -0.3 is 0 Å². The van der Waals surface area contributed by atoms with Crippen LogP contribution in [0.3, 0.4) is 0 Å². The summed E-state index contributed by atoms with van der Waals surface area (Å²) in [4.78, 5) is 15.6. The molecule has 0 aliphatic carbocycles. The number of pyridine rings is 1. The Balaban J connectivity index is 1.97. The van der Waals surface area contributed by atoms with Crippen molar-refractivity contribution >= 4 is 12.1 Å². The smallest absolute Gasteiger partial charge is 0.267 e. The van der Waals surface area contributed by atoms with E-state index in [1.165, 1.54) is 11.8 Å². The number of hydrogen-bond donors (Lipinski definition) is 1. The highest BCUT2D eigenvalue weighted by atomic mass is 16.2. The molecule has 0 aliphatic rings. The Bertz CT molecular complexity index is 625. The molecule has 2 rings (SSSR count). The van der Waals surface area contributed by atoms with Crippen LogP contribution in [0.15, 0.2) is 53.9 Å². The molecule has 4 heteroatoms. The molecule has 2 aromatic rings. The zero-order valence-electron chi connectivity index (χ0n) is 12.5. The van der Waals surface area contributed by atoms with E-state index in [9.17, 15) is 4.79 Å². The number of hydrazone groups is 1. The fraction of sp³-hybridized carbons (Fsp3) is 0.235. The van der Waals surface area contributed by atoms with E-state index in [1.54, 1.807) is 24.5 Å². The van der Waals surface area contributed by atoms with E-state index >= 15 is 0 Å². The van der Waals surface area contributed by atoms with Crippen molar-refractivity contribution in [1.29, 1.82) is 0 Å². The lowest BCUT2D eigenvalue weighted by Crippen LogP contribution is -2.17. The molecule has 108 valence electrons. The fourth-order valence-electron chi connectivity index (χ4n) is 1.80. The fourth-order valence-corrected chi connectivity index (χ4v) is 1.80. The molecule has 0 saturated heterocycles. The van der Waals surface area contributed by atoms with Crippen LogP contribution < -0.4 is 5.43 Å². The van der Waals surface area contributed by atoms with Crippen molar-refractivity contribution in [3.05, 3.63) is 65.5 Å². The van der Waals surface area contributed by atoms with Crippen LogP contribution in [0.2, 0.25) is 0 Å². The van der Waals surface area contributed by atoms with Crippen LogP contribution >= 0.6 is 0 Å². The summed E-state index contributed by atoms with van der Waals surface area (Å²) >= 11 is 0. The second kappa shape index (κ2) is 6.31. The summed E-state index contributed by atoms with van der Waals surface area (Å²) in [6, 6.07) is 11.5. The van der Waals surface area contributed by atoms with Crippen molar-refractivity contribution < 1.29 is 4.79 Å². The lowest BCUT2D eigenvalue weighted by molar-refractivity contribution is 0.0955. The summed E-state index contributed by atoms with van der Waals surface area (Å²) in [6.07, 6.45) is 4.75. The third-order valence-corrected chi connectivity index (χ3v) is 3.08. The summed E-state index contributed by atoms with van der Waals surface area (Å²) in [5, 5.41) is 3.96. The summed E-state index contributed by atoms with van der Waals surface area (Å²) in [5.41, 5.74) is 5.30. The number of nitrogens with one attached hydrogen (secondary N) is 1. The van der Waals surface area contributed by atoms with Crippen molar-refractivity contribution in [2.75, 3.05) is 0 Å². The normalized spacial score (nSPS) is 11.6. The molecule has 0 fully saturated rings. The number of aromatic nitrogens is 1. The number of carbonyl (C=O) groups is 1. The highest BCUT2D eigenvalue weighted by Crippen LogP contribution is 2.21. The van der Waals surface area contributed by atoms with E-state index in [0.717, 1.165) is 5.56 Å². The molecule has 1 N–H and O–H groups in total. The van der Waals surface area contributed by atoms with Crippen LogP contribution in [0.4, 0.5) is 0 Å². The van der Waals surface area contributed by atoms with Gasteiger partial charge in [-0.05, 0) is 28.7 Å². The Morgan fingerprint density at radius 2 is 1.90 bits per heavy atom. The SMILES string of the molecule is CC(C)(C)c1ccc(/C=N/NC(=O)c2cccnc2)cc1. The maximum absolute atomic E-state index is 11.8. The lowest BCUT2D eigenvalue weighted by Gasteiger charge is -2.18. The first-order chi connectivity index (χ1) is 9.97. The third-order valence-electron chi connectivity index (χ3n) is 3.08. The zero-order chi connectivity index (χ0) is 15.3. The van der Waals surface area contributed by atoms with E-state index < -0.39 is 0 Å². The monoisotopic (exact) mass is 281 g/mol. The number of hydrogen-bond acceptors (Lipinski definition) is 3. The summed E-state index contributed by atoms with van der Waals surface area (Å²) in [7, 11) is 0. The van der Waals surface area contributed by atoms with E-state index in [4.69, 9.17) is 0 Å². The molecule has 4 nitrogen and oxygen atoms in total. The Morgan fingerprint density at radius 1 is 1.19 bits per heavy atom.